The number of benzene rings is 1. The summed E-state index contributed by atoms with van der Waals surface area (Å²) in [4.78, 5) is 17.8. The Kier molecular flexibility index (Phi) is 7.71. The number of carbonyl (C=O) groups excluding carboxylic acids is 1. The van der Waals surface area contributed by atoms with Gasteiger partial charge in [0, 0.05) is 29.7 Å². The van der Waals surface area contributed by atoms with Crippen molar-refractivity contribution in [2.75, 3.05) is 19.3 Å². The molecule has 1 N–H and O–H groups in total. The summed E-state index contributed by atoms with van der Waals surface area (Å²) in [5.41, 5.74) is 3.97. The number of nitrogens with one attached hydrogen (secondary N) is 1. The number of halogens is 1. The molecule has 0 spiro atoms. The van der Waals surface area contributed by atoms with E-state index < -0.39 is 0 Å². The second kappa shape index (κ2) is 9.80. The molecule has 1 aromatic heterocycles. The minimum atomic E-state index is -0.0549. The highest BCUT2D eigenvalue weighted by atomic mass is 35.5. The van der Waals surface area contributed by atoms with E-state index in [4.69, 9.17) is 11.6 Å². The summed E-state index contributed by atoms with van der Waals surface area (Å²) in [5.74, 6) is 1.98. The lowest BCUT2D eigenvalue weighted by molar-refractivity contribution is 0.206. The van der Waals surface area contributed by atoms with Crippen molar-refractivity contribution in [1.29, 1.82) is 0 Å². The number of hydrogen-bond donors (Lipinski definition) is 1. The summed E-state index contributed by atoms with van der Waals surface area (Å²) in [5, 5.41) is 5.66. The number of amides is 2. The zero-order valence-electron chi connectivity index (χ0n) is 13.0. The van der Waals surface area contributed by atoms with E-state index in [0.717, 1.165) is 28.6 Å². The van der Waals surface area contributed by atoms with Gasteiger partial charge in [0.1, 0.15) is 0 Å². The second-order valence-corrected chi connectivity index (χ2v) is 7.36. The highest BCUT2D eigenvalue weighted by Crippen LogP contribution is 2.15. The number of nitrogens with zero attached hydrogens (tertiary/aromatic N) is 2. The highest BCUT2D eigenvalue weighted by molar-refractivity contribution is 7.98. The number of hydrogen-bond acceptors (Lipinski definition) is 4. The average molecular weight is 370 g/mol. The molecule has 1 heterocycles. The van der Waals surface area contributed by atoms with E-state index in [2.05, 4.69) is 10.3 Å². The van der Waals surface area contributed by atoms with Crippen LogP contribution in [0.5, 0.6) is 0 Å². The summed E-state index contributed by atoms with van der Waals surface area (Å²) in [6.07, 6.45) is 0.953. The molecule has 0 fully saturated rings. The lowest BCUT2D eigenvalue weighted by Gasteiger charge is -2.16. The van der Waals surface area contributed by atoms with Gasteiger partial charge in [0.25, 0.3) is 0 Å². The first-order valence-electron chi connectivity index (χ1n) is 7.33. The molecule has 0 aliphatic rings. The van der Waals surface area contributed by atoms with Gasteiger partial charge in [-0.25, -0.2) is 9.78 Å². The minimum absolute atomic E-state index is 0.0549. The lowest BCUT2D eigenvalue weighted by Crippen LogP contribution is -2.37. The summed E-state index contributed by atoms with van der Waals surface area (Å²) in [7, 11) is 1.78. The van der Waals surface area contributed by atoms with Crippen LogP contribution < -0.4 is 5.32 Å². The molecule has 0 aliphatic carbocycles. The Morgan fingerprint density at radius 3 is 2.87 bits per heavy atom. The van der Waals surface area contributed by atoms with Gasteiger partial charge in [-0.3, -0.25) is 0 Å². The van der Waals surface area contributed by atoms with Crippen molar-refractivity contribution in [3.05, 3.63) is 51.4 Å². The smallest absolute Gasteiger partial charge is 0.317 e. The molecule has 0 radical (unpaired) electrons. The van der Waals surface area contributed by atoms with Crippen molar-refractivity contribution in [1.82, 2.24) is 15.2 Å². The lowest BCUT2D eigenvalue weighted by atomic mass is 10.2. The van der Waals surface area contributed by atoms with Crippen molar-refractivity contribution in [3.8, 4) is 0 Å². The molecule has 0 saturated carbocycles. The van der Waals surface area contributed by atoms with Gasteiger partial charge in [0.15, 0.2) is 0 Å². The quantitative estimate of drug-likeness (QED) is 0.707. The molecule has 4 nitrogen and oxygen atoms in total. The summed E-state index contributed by atoms with van der Waals surface area (Å²) >= 11 is 9.26. The molecule has 0 aliphatic heterocycles. The van der Waals surface area contributed by atoms with E-state index in [1.54, 1.807) is 17.5 Å². The van der Waals surface area contributed by atoms with Crippen LogP contribution in [-0.4, -0.2) is 35.3 Å². The first-order chi connectivity index (χ1) is 11.1. The molecule has 2 rings (SSSR count). The zero-order valence-corrected chi connectivity index (χ0v) is 15.4. The maximum atomic E-state index is 11.9. The van der Waals surface area contributed by atoms with Gasteiger partial charge in [0.2, 0.25) is 0 Å². The molecule has 0 atom stereocenters. The normalized spacial score (nSPS) is 10.5. The van der Waals surface area contributed by atoms with Gasteiger partial charge in [-0.05, 0) is 29.9 Å². The highest BCUT2D eigenvalue weighted by Gasteiger charge is 2.08. The molecule has 7 heteroatoms. The molecule has 2 amide bonds. The van der Waals surface area contributed by atoms with E-state index in [9.17, 15) is 4.79 Å². The molecule has 124 valence electrons. The molecular formula is C16H20ClN3OS2. The molecule has 1 aromatic carbocycles. The fourth-order valence-corrected chi connectivity index (χ4v) is 3.50. The van der Waals surface area contributed by atoms with Crippen molar-refractivity contribution in [2.45, 2.75) is 18.7 Å². The van der Waals surface area contributed by atoms with Gasteiger partial charge in [-0.15, -0.1) is 11.3 Å². The Hall–Kier alpha value is -1.24. The standard InChI is InChI=1S/C16H20ClN3OS2/c1-20(9-15-11-23-12-19-15)16(21)18-7-2-8-22-10-13-3-5-14(17)6-4-13/h3-6,11-12H,2,7-10H2,1H3,(H,18,21). The summed E-state index contributed by atoms with van der Waals surface area (Å²) < 4.78 is 0. The van der Waals surface area contributed by atoms with E-state index in [1.165, 1.54) is 16.9 Å². The first kappa shape index (κ1) is 18.1. The number of thiazole rings is 1. The van der Waals surface area contributed by atoms with Gasteiger partial charge < -0.3 is 10.2 Å². The molecule has 23 heavy (non-hydrogen) atoms. The minimum Gasteiger partial charge on any atom is -0.338 e. The number of aromatic nitrogens is 1. The summed E-state index contributed by atoms with van der Waals surface area (Å²) in [6, 6.07) is 7.86. The van der Waals surface area contributed by atoms with Crippen LogP contribution in [-0.2, 0) is 12.3 Å². The maximum absolute atomic E-state index is 11.9. The van der Waals surface area contributed by atoms with E-state index in [1.807, 2.05) is 41.4 Å². The van der Waals surface area contributed by atoms with Crippen LogP contribution in [0, 0.1) is 0 Å². The van der Waals surface area contributed by atoms with E-state index in [-0.39, 0.29) is 6.03 Å². The fraction of sp³-hybridized carbons (Fsp3) is 0.375. The third kappa shape index (κ3) is 6.81. The molecular weight excluding hydrogens is 350 g/mol. The van der Waals surface area contributed by atoms with Gasteiger partial charge in [0.05, 0.1) is 17.7 Å². The van der Waals surface area contributed by atoms with Crippen molar-refractivity contribution in [2.24, 2.45) is 0 Å². The van der Waals surface area contributed by atoms with Gasteiger partial charge in [-0.1, -0.05) is 23.7 Å². The van der Waals surface area contributed by atoms with Crippen LogP contribution in [0.25, 0.3) is 0 Å². The zero-order chi connectivity index (χ0) is 16.5. The third-order valence-corrected chi connectivity index (χ3v) is 5.16. The summed E-state index contributed by atoms with van der Waals surface area (Å²) in [6.45, 7) is 1.23. The fourth-order valence-electron chi connectivity index (χ4n) is 1.91. The van der Waals surface area contributed by atoms with Crippen LogP contribution in [0.4, 0.5) is 4.79 Å². The van der Waals surface area contributed by atoms with Gasteiger partial charge >= 0.3 is 6.03 Å². The number of rotatable bonds is 8. The Balaban J connectivity index is 1.54. The molecule has 2 aromatic rings. The maximum Gasteiger partial charge on any atom is 0.317 e. The predicted molar refractivity (Wildman–Crippen MR) is 99.2 cm³/mol. The molecule has 0 bridgehead atoms. The molecule has 0 unspecified atom stereocenters. The predicted octanol–water partition coefficient (Wildman–Crippen LogP) is 4.26. The van der Waals surface area contributed by atoms with Crippen LogP contribution in [0.15, 0.2) is 35.2 Å². The van der Waals surface area contributed by atoms with Crippen molar-refractivity contribution >= 4 is 40.7 Å². The van der Waals surface area contributed by atoms with E-state index >= 15 is 0 Å². The van der Waals surface area contributed by atoms with Crippen molar-refractivity contribution < 1.29 is 4.79 Å². The van der Waals surface area contributed by atoms with Crippen LogP contribution in [0.3, 0.4) is 0 Å². The number of urea groups is 1. The topological polar surface area (TPSA) is 45.2 Å². The Labute approximate surface area is 150 Å². The monoisotopic (exact) mass is 369 g/mol. The third-order valence-electron chi connectivity index (χ3n) is 3.15. The number of carbonyl (C=O) groups is 1. The Morgan fingerprint density at radius 1 is 1.39 bits per heavy atom. The van der Waals surface area contributed by atoms with Crippen LogP contribution >= 0.6 is 34.7 Å². The number of thioether (sulfide) groups is 1. The Bertz CT molecular complexity index is 590. The molecule has 0 saturated heterocycles. The average Bonchev–Trinajstić information content (AvgIpc) is 3.05. The van der Waals surface area contributed by atoms with Crippen molar-refractivity contribution in [3.63, 3.8) is 0 Å². The SMILES string of the molecule is CN(Cc1cscn1)C(=O)NCCCSCc1ccc(Cl)cc1. The second-order valence-electron chi connectivity index (χ2n) is 5.10. The van der Waals surface area contributed by atoms with Gasteiger partial charge in [-0.2, -0.15) is 11.8 Å². The van der Waals surface area contributed by atoms with E-state index in [0.29, 0.717) is 13.1 Å². The first-order valence-corrected chi connectivity index (χ1v) is 9.81. The largest absolute Gasteiger partial charge is 0.338 e. The van der Waals surface area contributed by atoms with Crippen LogP contribution in [0.2, 0.25) is 5.02 Å². The Morgan fingerprint density at radius 2 is 2.17 bits per heavy atom. The van der Waals surface area contributed by atoms with Crippen LogP contribution in [0.1, 0.15) is 17.7 Å².